The summed E-state index contributed by atoms with van der Waals surface area (Å²) in [4.78, 5) is 15.2. The Kier molecular flexibility index (Phi) is 5.56. The van der Waals surface area contributed by atoms with E-state index in [0.29, 0.717) is 5.69 Å². The highest BCUT2D eigenvalue weighted by molar-refractivity contribution is 7.92. The molecule has 1 amide bonds. The van der Waals surface area contributed by atoms with Gasteiger partial charge >= 0.3 is 0 Å². The van der Waals surface area contributed by atoms with E-state index in [4.69, 9.17) is 0 Å². The predicted octanol–water partition coefficient (Wildman–Crippen LogP) is 4.03. The minimum atomic E-state index is -3.54. The van der Waals surface area contributed by atoms with E-state index in [-0.39, 0.29) is 10.5 Å². The van der Waals surface area contributed by atoms with Crippen LogP contribution in [0.3, 0.4) is 0 Å². The summed E-state index contributed by atoms with van der Waals surface area (Å²) in [5, 5.41) is 2.26. The van der Waals surface area contributed by atoms with Crippen molar-refractivity contribution in [2.24, 2.45) is 0 Å². The zero-order valence-corrected chi connectivity index (χ0v) is 16.8. The monoisotopic (exact) mass is 386 g/mol. The summed E-state index contributed by atoms with van der Waals surface area (Å²) in [6, 6.07) is 12.2. The first-order valence-corrected chi connectivity index (χ1v) is 10.8. The van der Waals surface area contributed by atoms with Gasteiger partial charge in [0, 0.05) is 24.5 Å². The molecule has 3 rings (SSSR count). The molecule has 0 aromatic heterocycles. The fraction of sp³-hybridized carbons (Fsp3) is 0.381. The number of nitrogens with one attached hydrogen (secondary N) is 1. The number of sulfone groups is 1. The summed E-state index contributed by atoms with van der Waals surface area (Å²) in [5.41, 5.74) is 3.12. The number of hydrogen-bond donors (Lipinski definition) is 1. The molecule has 0 spiro atoms. The molecule has 0 saturated carbocycles. The smallest absolute Gasteiger partial charge is 0.256 e. The number of carbonyl (C=O) groups excluding carboxylic acids is 1. The molecule has 1 heterocycles. The highest BCUT2D eigenvalue weighted by atomic mass is 32.2. The number of nitrogens with zero attached hydrogens (tertiary/aromatic N) is 1. The first-order chi connectivity index (χ1) is 12.8. The Morgan fingerprint density at radius 1 is 1.07 bits per heavy atom. The molecule has 5 nitrogen and oxygen atoms in total. The number of benzene rings is 2. The van der Waals surface area contributed by atoms with Crippen LogP contribution >= 0.6 is 0 Å². The van der Waals surface area contributed by atoms with Crippen molar-refractivity contribution in [1.82, 2.24) is 0 Å². The van der Waals surface area contributed by atoms with Crippen LogP contribution in [0.4, 0.5) is 11.4 Å². The van der Waals surface area contributed by atoms with Gasteiger partial charge in [-0.15, -0.1) is 0 Å². The maximum Gasteiger partial charge on any atom is 0.256 e. The molecular formula is C21H26N2O3S. The van der Waals surface area contributed by atoms with Crippen molar-refractivity contribution < 1.29 is 13.2 Å². The van der Waals surface area contributed by atoms with Crippen molar-refractivity contribution in [1.29, 1.82) is 0 Å². The minimum absolute atomic E-state index is 0.0721. The molecule has 27 heavy (non-hydrogen) atoms. The number of amides is 1. The van der Waals surface area contributed by atoms with Gasteiger partial charge in [0.15, 0.2) is 9.84 Å². The van der Waals surface area contributed by atoms with Gasteiger partial charge in [0.1, 0.15) is 0 Å². The van der Waals surface area contributed by atoms with Crippen LogP contribution in [0, 0.1) is 6.92 Å². The molecule has 1 aliphatic heterocycles. The molecule has 1 aliphatic rings. The molecule has 0 bridgehead atoms. The molecule has 1 fully saturated rings. The molecule has 2 aromatic rings. The van der Waals surface area contributed by atoms with E-state index in [2.05, 4.69) is 10.2 Å². The van der Waals surface area contributed by atoms with Crippen molar-refractivity contribution in [3.63, 3.8) is 0 Å². The van der Waals surface area contributed by atoms with Crippen LogP contribution in [0.1, 0.15) is 42.6 Å². The fourth-order valence-electron chi connectivity index (χ4n) is 3.40. The summed E-state index contributed by atoms with van der Waals surface area (Å²) in [5.74, 6) is -0.414. The van der Waals surface area contributed by atoms with Gasteiger partial charge < -0.3 is 10.2 Å². The van der Waals surface area contributed by atoms with Crippen molar-refractivity contribution in [3.8, 4) is 0 Å². The Bertz CT molecular complexity index is 946. The molecule has 144 valence electrons. The third-order valence-electron chi connectivity index (χ3n) is 4.96. The van der Waals surface area contributed by atoms with Gasteiger partial charge in [-0.25, -0.2) is 8.42 Å². The zero-order valence-electron chi connectivity index (χ0n) is 16.0. The summed E-state index contributed by atoms with van der Waals surface area (Å²) >= 11 is 0. The van der Waals surface area contributed by atoms with Gasteiger partial charge in [0.2, 0.25) is 0 Å². The van der Waals surface area contributed by atoms with Gasteiger partial charge in [-0.05, 0) is 69.5 Å². The number of rotatable bonds is 5. The lowest BCUT2D eigenvalue weighted by Gasteiger charge is -2.21. The maximum absolute atomic E-state index is 12.8. The lowest BCUT2D eigenvalue weighted by Crippen LogP contribution is -2.21. The minimum Gasteiger partial charge on any atom is -0.371 e. The van der Waals surface area contributed by atoms with E-state index in [0.717, 1.165) is 18.7 Å². The van der Waals surface area contributed by atoms with Gasteiger partial charge in [0.25, 0.3) is 5.91 Å². The Balaban J connectivity index is 1.85. The van der Waals surface area contributed by atoms with Crippen molar-refractivity contribution >= 4 is 27.1 Å². The van der Waals surface area contributed by atoms with Crippen LogP contribution in [-0.2, 0) is 9.84 Å². The van der Waals surface area contributed by atoms with Crippen LogP contribution in [0.15, 0.2) is 47.4 Å². The van der Waals surface area contributed by atoms with Crippen molar-refractivity contribution in [2.45, 2.75) is 43.8 Å². The fourth-order valence-corrected chi connectivity index (χ4v) is 4.64. The molecule has 0 unspecified atom stereocenters. The summed E-state index contributed by atoms with van der Waals surface area (Å²) in [6.45, 7) is 7.38. The van der Waals surface area contributed by atoms with E-state index in [1.165, 1.54) is 24.6 Å². The average Bonchev–Trinajstić information content (AvgIpc) is 3.16. The molecule has 1 N–H and O–H groups in total. The van der Waals surface area contributed by atoms with E-state index >= 15 is 0 Å². The van der Waals surface area contributed by atoms with E-state index in [1.54, 1.807) is 32.0 Å². The van der Waals surface area contributed by atoms with E-state index in [1.807, 2.05) is 25.1 Å². The zero-order chi connectivity index (χ0) is 19.6. The predicted molar refractivity (Wildman–Crippen MR) is 109 cm³/mol. The number of carbonyl (C=O) groups is 1. The molecule has 0 atom stereocenters. The SMILES string of the molecule is Cc1cc(NC(=O)c2ccccc2S(=O)(=O)C(C)C)ccc1N1CCCC1. The molecular weight excluding hydrogens is 360 g/mol. The number of anilines is 2. The van der Waals surface area contributed by atoms with Crippen LogP contribution < -0.4 is 10.2 Å². The summed E-state index contributed by atoms with van der Waals surface area (Å²) in [7, 11) is -3.54. The van der Waals surface area contributed by atoms with Gasteiger partial charge in [0.05, 0.1) is 15.7 Å². The lowest BCUT2D eigenvalue weighted by molar-refractivity contribution is 0.102. The second-order valence-corrected chi connectivity index (χ2v) is 9.71. The topological polar surface area (TPSA) is 66.5 Å². The molecule has 2 aromatic carbocycles. The average molecular weight is 387 g/mol. The quantitative estimate of drug-likeness (QED) is 0.842. The van der Waals surface area contributed by atoms with E-state index < -0.39 is 21.0 Å². The van der Waals surface area contributed by atoms with Crippen molar-refractivity contribution in [2.75, 3.05) is 23.3 Å². The van der Waals surface area contributed by atoms with Gasteiger partial charge in [-0.2, -0.15) is 0 Å². The first-order valence-electron chi connectivity index (χ1n) is 9.30. The highest BCUT2D eigenvalue weighted by Gasteiger charge is 2.25. The highest BCUT2D eigenvalue weighted by Crippen LogP contribution is 2.27. The first kappa shape index (κ1) is 19.4. The number of hydrogen-bond acceptors (Lipinski definition) is 4. The Labute approximate surface area is 161 Å². The molecule has 6 heteroatoms. The van der Waals surface area contributed by atoms with Crippen LogP contribution in [-0.4, -0.2) is 32.7 Å². The van der Waals surface area contributed by atoms with Crippen LogP contribution in [0.5, 0.6) is 0 Å². The number of aryl methyl sites for hydroxylation is 1. The third kappa shape index (κ3) is 4.00. The summed E-state index contributed by atoms with van der Waals surface area (Å²) in [6.07, 6.45) is 2.41. The normalized spacial score (nSPS) is 14.6. The largest absolute Gasteiger partial charge is 0.371 e. The Morgan fingerprint density at radius 2 is 1.74 bits per heavy atom. The second kappa shape index (κ2) is 7.72. The van der Waals surface area contributed by atoms with Crippen LogP contribution in [0.25, 0.3) is 0 Å². The molecule has 0 radical (unpaired) electrons. The Hall–Kier alpha value is -2.34. The maximum atomic E-state index is 12.8. The molecule has 0 aliphatic carbocycles. The standard InChI is InChI=1S/C21H26N2O3S/c1-15(2)27(25,26)20-9-5-4-8-18(20)21(24)22-17-10-11-19(16(3)14-17)23-12-6-7-13-23/h4-5,8-11,14-15H,6-7,12-13H2,1-3H3,(H,22,24). The van der Waals surface area contributed by atoms with E-state index in [9.17, 15) is 13.2 Å². The van der Waals surface area contributed by atoms with Gasteiger partial charge in [-0.1, -0.05) is 12.1 Å². The summed E-state index contributed by atoms with van der Waals surface area (Å²) < 4.78 is 25.1. The lowest BCUT2D eigenvalue weighted by atomic mass is 10.1. The van der Waals surface area contributed by atoms with Crippen LogP contribution in [0.2, 0.25) is 0 Å². The molecule has 1 saturated heterocycles. The Morgan fingerprint density at radius 3 is 2.37 bits per heavy atom. The third-order valence-corrected chi connectivity index (χ3v) is 7.17. The van der Waals surface area contributed by atoms with Gasteiger partial charge in [-0.3, -0.25) is 4.79 Å². The second-order valence-electron chi connectivity index (χ2n) is 7.24. The van der Waals surface area contributed by atoms with Crippen molar-refractivity contribution in [3.05, 3.63) is 53.6 Å².